The monoisotopic (exact) mass is 318 g/mol. The van der Waals surface area contributed by atoms with E-state index in [1.165, 1.54) is 28.1 Å². The molecule has 0 spiro atoms. The van der Waals surface area contributed by atoms with Crippen molar-refractivity contribution < 1.29 is 28.5 Å². The molecule has 0 heterocycles. The van der Waals surface area contributed by atoms with Crippen LogP contribution in [-0.4, -0.2) is 26.2 Å². The average Bonchev–Trinajstić information content (AvgIpc) is 2.48. The summed E-state index contributed by atoms with van der Waals surface area (Å²) in [7, 11) is 2.84. The lowest BCUT2D eigenvalue weighted by molar-refractivity contribution is -0.133. The van der Waals surface area contributed by atoms with Gasteiger partial charge in [-0.3, -0.25) is 9.59 Å². The number of fused-ring (bicyclic) bond motifs is 1. The Labute approximate surface area is 133 Å². The Morgan fingerprint density at radius 3 is 1.70 bits per heavy atom. The second-order valence-corrected chi connectivity index (χ2v) is 4.96. The van der Waals surface area contributed by atoms with Crippen LogP contribution in [0.15, 0.2) is 18.2 Å². The molecular weight excluding hydrogens is 300 g/mol. The summed E-state index contributed by atoms with van der Waals surface area (Å²) in [5.74, 6) is -0.151. The summed E-state index contributed by atoms with van der Waals surface area (Å²) in [4.78, 5) is 22.9. The van der Waals surface area contributed by atoms with E-state index in [9.17, 15) is 9.59 Å². The normalized spacial score (nSPS) is 10.3. The van der Waals surface area contributed by atoms with Crippen LogP contribution in [0.25, 0.3) is 10.8 Å². The number of esters is 2. The number of aryl methyl sites for hydroxylation is 1. The number of rotatable bonds is 4. The second kappa shape index (κ2) is 6.56. The van der Waals surface area contributed by atoms with Gasteiger partial charge in [0.2, 0.25) is 11.5 Å². The largest absolute Gasteiger partial charge is 0.490 e. The smallest absolute Gasteiger partial charge is 0.308 e. The van der Waals surface area contributed by atoms with Gasteiger partial charge in [0.05, 0.1) is 14.2 Å². The van der Waals surface area contributed by atoms with Crippen LogP contribution in [0, 0.1) is 6.92 Å². The third-order valence-electron chi connectivity index (χ3n) is 3.18. The molecule has 0 atom stereocenters. The topological polar surface area (TPSA) is 71.1 Å². The molecule has 0 fully saturated rings. The molecule has 0 aliphatic carbocycles. The summed E-state index contributed by atoms with van der Waals surface area (Å²) in [6.45, 7) is 4.50. The third-order valence-corrected chi connectivity index (χ3v) is 3.18. The standard InChI is InChI=1S/C17H18O6/c1-9-6-7-12-13(8-9)15(23-11(3)19)17(21-5)16(20-4)14(12)22-10(2)18/h6-8H,1-5H3. The van der Waals surface area contributed by atoms with E-state index in [1.54, 1.807) is 6.07 Å². The van der Waals surface area contributed by atoms with Crippen LogP contribution in [0.1, 0.15) is 19.4 Å². The number of benzene rings is 2. The van der Waals surface area contributed by atoms with Gasteiger partial charge in [0.25, 0.3) is 0 Å². The van der Waals surface area contributed by atoms with Crippen LogP contribution in [-0.2, 0) is 9.59 Å². The van der Waals surface area contributed by atoms with Crippen LogP contribution >= 0.6 is 0 Å². The van der Waals surface area contributed by atoms with Gasteiger partial charge >= 0.3 is 11.9 Å². The molecule has 0 radical (unpaired) electrons. The van der Waals surface area contributed by atoms with E-state index >= 15 is 0 Å². The molecule has 2 aromatic carbocycles. The first kappa shape index (κ1) is 16.6. The van der Waals surface area contributed by atoms with Crippen LogP contribution in [0.3, 0.4) is 0 Å². The first-order valence-corrected chi connectivity index (χ1v) is 6.94. The summed E-state index contributed by atoms with van der Waals surface area (Å²) < 4.78 is 21.3. The molecular formula is C17H18O6. The summed E-state index contributed by atoms with van der Waals surface area (Å²) in [5.41, 5.74) is 0.951. The predicted octanol–water partition coefficient (Wildman–Crippen LogP) is 3.02. The van der Waals surface area contributed by atoms with Crippen molar-refractivity contribution in [1.29, 1.82) is 0 Å². The number of hydrogen-bond donors (Lipinski definition) is 0. The maximum absolute atomic E-state index is 11.5. The Morgan fingerprint density at radius 2 is 1.26 bits per heavy atom. The molecule has 0 saturated carbocycles. The van der Waals surface area contributed by atoms with Gasteiger partial charge in [-0.05, 0) is 13.0 Å². The molecule has 0 aromatic heterocycles. The molecule has 2 rings (SSSR count). The highest BCUT2D eigenvalue weighted by Gasteiger charge is 2.25. The van der Waals surface area contributed by atoms with E-state index in [4.69, 9.17) is 18.9 Å². The minimum absolute atomic E-state index is 0.190. The lowest BCUT2D eigenvalue weighted by Gasteiger charge is -2.19. The zero-order chi connectivity index (χ0) is 17.1. The lowest BCUT2D eigenvalue weighted by Crippen LogP contribution is -2.08. The van der Waals surface area contributed by atoms with E-state index in [0.717, 1.165) is 5.56 Å². The summed E-state index contributed by atoms with van der Waals surface area (Å²) in [6.07, 6.45) is 0. The molecule has 2 aromatic rings. The molecule has 0 saturated heterocycles. The van der Waals surface area contributed by atoms with Gasteiger partial charge < -0.3 is 18.9 Å². The fourth-order valence-corrected chi connectivity index (χ4v) is 2.36. The van der Waals surface area contributed by atoms with Gasteiger partial charge in [-0.15, -0.1) is 0 Å². The fraction of sp³-hybridized carbons (Fsp3) is 0.294. The number of methoxy groups -OCH3 is 2. The van der Waals surface area contributed by atoms with Crippen molar-refractivity contribution in [3.63, 3.8) is 0 Å². The van der Waals surface area contributed by atoms with Gasteiger partial charge in [0.15, 0.2) is 11.5 Å². The van der Waals surface area contributed by atoms with Crippen LogP contribution in [0.2, 0.25) is 0 Å². The van der Waals surface area contributed by atoms with Gasteiger partial charge in [0.1, 0.15) is 0 Å². The van der Waals surface area contributed by atoms with Gasteiger partial charge in [-0.2, -0.15) is 0 Å². The summed E-state index contributed by atoms with van der Waals surface area (Å²) in [5, 5.41) is 1.17. The van der Waals surface area contributed by atoms with Crippen molar-refractivity contribution >= 4 is 22.7 Å². The van der Waals surface area contributed by atoms with Gasteiger partial charge in [0, 0.05) is 24.6 Å². The molecule has 0 amide bonds. The number of carbonyl (C=O) groups is 2. The molecule has 6 heteroatoms. The molecule has 122 valence electrons. The van der Waals surface area contributed by atoms with Crippen molar-refractivity contribution in [3.8, 4) is 23.0 Å². The summed E-state index contributed by atoms with van der Waals surface area (Å²) >= 11 is 0. The molecule has 0 bridgehead atoms. The van der Waals surface area contributed by atoms with E-state index in [2.05, 4.69) is 0 Å². The quantitative estimate of drug-likeness (QED) is 0.637. The third kappa shape index (κ3) is 3.21. The second-order valence-electron chi connectivity index (χ2n) is 4.96. The average molecular weight is 318 g/mol. The zero-order valence-electron chi connectivity index (χ0n) is 13.7. The molecule has 6 nitrogen and oxygen atoms in total. The van der Waals surface area contributed by atoms with Crippen molar-refractivity contribution in [3.05, 3.63) is 23.8 Å². The minimum Gasteiger partial charge on any atom is -0.490 e. The Morgan fingerprint density at radius 1 is 0.783 bits per heavy atom. The highest BCUT2D eigenvalue weighted by molar-refractivity contribution is 6.01. The summed E-state index contributed by atoms with van der Waals surface area (Å²) in [6, 6.07) is 5.46. The number of carbonyl (C=O) groups excluding carboxylic acids is 2. The van der Waals surface area contributed by atoms with Crippen LogP contribution in [0.4, 0.5) is 0 Å². The lowest BCUT2D eigenvalue weighted by atomic mass is 10.0. The Hall–Kier alpha value is -2.76. The van der Waals surface area contributed by atoms with Crippen molar-refractivity contribution in [2.75, 3.05) is 14.2 Å². The van der Waals surface area contributed by atoms with Crippen LogP contribution < -0.4 is 18.9 Å². The first-order chi connectivity index (χ1) is 10.9. The van der Waals surface area contributed by atoms with Crippen molar-refractivity contribution in [2.24, 2.45) is 0 Å². The highest BCUT2D eigenvalue weighted by Crippen LogP contribution is 2.51. The van der Waals surface area contributed by atoms with Crippen molar-refractivity contribution in [2.45, 2.75) is 20.8 Å². The number of hydrogen-bond acceptors (Lipinski definition) is 6. The first-order valence-electron chi connectivity index (χ1n) is 6.94. The molecule has 0 aliphatic rings. The Balaban J connectivity index is 2.94. The van der Waals surface area contributed by atoms with E-state index in [0.29, 0.717) is 10.8 Å². The van der Waals surface area contributed by atoms with Crippen molar-refractivity contribution in [1.82, 2.24) is 0 Å². The molecule has 0 aliphatic heterocycles. The van der Waals surface area contributed by atoms with E-state index < -0.39 is 11.9 Å². The van der Waals surface area contributed by atoms with E-state index in [-0.39, 0.29) is 23.0 Å². The maximum atomic E-state index is 11.5. The minimum atomic E-state index is -0.493. The number of ether oxygens (including phenoxy) is 4. The van der Waals surface area contributed by atoms with Gasteiger partial charge in [-0.25, -0.2) is 0 Å². The highest BCUT2D eigenvalue weighted by atomic mass is 16.6. The molecule has 0 unspecified atom stereocenters. The molecule has 23 heavy (non-hydrogen) atoms. The molecule has 0 N–H and O–H groups in total. The Bertz CT molecular complexity index is 778. The SMILES string of the molecule is COc1c(OC)c(OC(C)=O)c2cc(C)ccc2c1OC(C)=O. The maximum Gasteiger partial charge on any atom is 0.308 e. The Kier molecular flexibility index (Phi) is 4.74. The van der Waals surface area contributed by atoms with E-state index in [1.807, 2.05) is 19.1 Å². The van der Waals surface area contributed by atoms with Crippen LogP contribution in [0.5, 0.6) is 23.0 Å². The zero-order valence-corrected chi connectivity index (χ0v) is 13.7. The fourth-order valence-electron chi connectivity index (χ4n) is 2.36. The predicted molar refractivity (Wildman–Crippen MR) is 84.4 cm³/mol. The van der Waals surface area contributed by atoms with Gasteiger partial charge in [-0.1, -0.05) is 17.7 Å².